The van der Waals surface area contributed by atoms with Gasteiger partial charge in [-0.2, -0.15) is 5.26 Å². The van der Waals surface area contributed by atoms with E-state index in [9.17, 15) is 4.39 Å². The van der Waals surface area contributed by atoms with E-state index in [4.69, 9.17) is 10.8 Å². The number of nitrogens with zero attached hydrogens (tertiary/aromatic N) is 4. The van der Waals surface area contributed by atoms with Crippen molar-refractivity contribution in [3.63, 3.8) is 0 Å². The van der Waals surface area contributed by atoms with E-state index in [1.807, 2.05) is 0 Å². The molecule has 0 N–H and O–H groups in total. The SMILES string of the molecule is N#Cc1cc(C=CCN=[N+]=[N-])ccc1F. The molecule has 1 aromatic rings. The van der Waals surface area contributed by atoms with E-state index in [2.05, 4.69) is 10.0 Å². The Bertz CT molecular complexity index is 467. The van der Waals surface area contributed by atoms with E-state index < -0.39 is 5.82 Å². The van der Waals surface area contributed by atoms with Crippen molar-refractivity contribution in [3.8, 4) is 6.07 Å². The third-order valence-corrected chi connectivity index (χ3v) is 1.67. The molecule has 0 aliphatic heterocycles. The highest BCUT2D eigenvalue weighted by atomic mass is 19.1. The Morgan fingerprint density at radius 2 is 2.40 bits per heavy atom. The molecular weight excluding hydrogens is 195 g/mol. The molecule has 0 saturated carbocycles. The monoisotopic (exact) mass is 202 g/mol. The number of hydrogen-bond donors (Lipinski definition) is 0. The van der Waals surface area contributed by atoms with Gasteiger partial charge in [-0.05, 0) is 23.2 Å². The Morgan fingerprint density at radius 1 is 1.60 bits per heavy atom. The number of hydrogen-bond acceptors (Lipinski definition) is 2. The molecule has 0 aliphatic carbocycles. The molecule has 0 radical (unpaired) electrons. The van der Waals surface area contributed by atoms with Crippen molar-refractivity contribution in [2.75, 3.05) is 6.54 Å². The highest BCUT2D eigenvalue weighted by molar-refractivity contribution is 5.52. The molecule has 0 aliphatic rings. The second-order valence-corrected chi connectivity index (χ2v) is 2.67. The lowest BCUT2D eigenvalue weighted by Gasteiger charge is -1.95. The van der Waals surface area contributed by atoms with Gasteiger partial charge in [0, 0.05) is 11.5 Å². The average Bonchev–Trinajstić information content (AvgIpc) is 2.26. The summed E-state index contributed by atoms with van der Waals surface area (Å²) in [4.78, 5) is 2.58. The van der Waals surface area contributed by atoms with E-state index in [1.54, 1.807) is 24.3 Å². The summed E-state index contributed by atoms with van der Waals surface area (Å²) in [5.74, 6) is -0.537. The van der Waals surface area contributed by atoms with Crippen LogP contribution in [0.15, 0.2) is 29.4 Å². The van der Waals surface area contributed by atoms with Gasteiger partial charge in [-0.1, -0.05) is 23.3 Å². The van der Waals surface area contributed by atoms with Crippen LogP contribution in [0.25, 0.3) is 16.5 Å². The van der Waals surface area contributed by atoms with Gasteiger partial charge in [0.2, 0.25) is 0 Å². The van der Waals surface area contributed by atoms with E-state index in [-0.39, 0.29) is 12.1 Å². The zero-order valence-corrected chi connectivity index (χ0v) is 7.76. The number of azide groups is 1. The second kappa shape index (κ2) is 5.43. The summed E-state index contributed by atoms with van der Waals surface area (Å²) in [5.41, 5.74) is 8.71. The molecule has 0 bridgehead atoms. The van der Waals surface area contributed by atoms with Crippen LogP contribution in [0.2, 0.25) is 0 Å². The molecule has 0 amide bonds. The van der Waals surface area contributed by atoms with Crippen molar-refractivity contribution < 1.29 is 4.39 Å². The van der Waals surface area contributed by atoms with Crippen LogP contribution in [0.5, 0.6) is 0 Å². The van der Waals surface area contributed by atoms with Gasteiger partial charge in [0.05, 0.1) is 5.56 Å². The molecular formula is C10H7FN4. The maximum atomic E-state index is 12.9. The Balaban J connectivity index is 2.84. The summed E-state index contributed by atoms with van der Waals surface area (Å²) in [5, 5.41) is 11.9. The summed E-state index contributed by atoms with van der Waals surface area (Å²) in [6, 6.07) is 5.95. The quantitative estimate of drug-likeness (QED) is 0.421. The molecule has 5 heteroatoms. The molecule has 74 valence electrons. The molecule has 0 atom stereocenters. The Labute approximate surface area is 85.9 Å². The largest absolute Gasteiger partial charge is 0.206 e. The van der Waals surface area contributed by atoms with E-state index in [1.165, 1.54) is 12.1 Å². The minimum Gasteiger partial charge on any atom is -0.206 e. The maximum absolute atomic E-state index is 12.9. The zero-order chi connectivity index (χ0) is 11.1. The van der Waals surface area contributed by atoms with Crippen molar-refractivity contribution in [1.82, 2.24) is 0 Å². The number of nitriles is 1. The smallest absolute Gasteiger partial charge is 0.140 e. The van der Waals surface area contributed by atoms with Gasteiger partial charge in [-0.3, -0.25) is 0 Å². The fraction of sp³-hybridized carbons (Fsp3) is 0.100. The molecule has 0 spiro atoms. The van der Waals surface area contributed by atoms with Crippen LogP contribution in [0.4, 0.5) is 4.39 Å². The van der Waals surface area contributed by atoms with E-state index >= 15 is 0 Å². The highest BCUT2D eigenvalue weighted by Crippen LogP contribution is 2.10. The molecule has 1 rings (SSSR count). The lowest BCUT2D eigenvalue weighted by molar-refractivity contribution is 0.624. The van der Waals surface area contributed by atoms with Gasteiger partial charge in [-0.15, -0.1) is 0 Å². The fourth-order valence-corrected chi connectivity index (χ4v) is 1.00. The Morgan fingerprint density at radius 3 is 3.07 bits per heavy atom. The van der Waals surface area contributed by atoms with Gasteiger partial charge in [0.15, 0.2) is 0 Å². The van der Waals surface area contributed by atoms with Gasteiger partial charge < -0.3 is 0 Å². The normalized spacial score (nSPS) is 9.60. The number of benzene rings is 1. The number of halogens is 1. The molecule has 0 aromatic heterocycles. The van der Waals surface area contributed by atoms with Crippen molar-refractivity contribution in [2.45, 2.75) is 0 Å². The predicted octanol–water partition coefficient (Wildman–Crippen LogP) is 3.02. The third-order valence-electron chi connectivity index (χ3n) is 1.67. The first kappa shape index (κ1) is 10.8. The molecule has 15 heavy (non-hydrogen) atoms. The zero-order valence-electron chi connectivity index (χ0n) is 7.76. The van der Waals surface area contributed by atoms with Gasteiger partial charge in [-0.25, -0.2) is 4.39 Å². The Hall–Kier alpha value is -2.31. The average molecular weight is 202 g/mol. The maximum Gasteiger partial charge on any atom is 0.140 e. The van der Waals surface area contributed by atoms with Gasteiger partial charge in [0.25, 0.3) is 0 Å². The lowest BCUT2D eigenvalue weighted by atomic mass is 10.1. The van der Waals surface area contributed by atoms with Crippen LogP contribution in [-0.4, -0.2) is 6.54 Å². The topological polar surface area (TPSA) is 72.5 Å². The van der Waals surface area contributed by atoms with Gasteiger partial charge in [0.1, 0.15) is 11.9 Å². The molecule has 4 nitrogen and oxygen atoms in total. The summed E-state index contributed by atoms with van der Waals surface area (Å²) < 4.78 is 12.9. The van der Waals surface area contributed by atoms with Crippen LogP contribution in [0.1, 0.15) is 11.1 Å². The highest BCUT2D eigenvalue weighted by Gasteiger charge is 1.99. The van der Waals surface area contributed by atoms with Crippen molar-refractivity contribution in [1.29, 1.82) is 5.26 Å². The molecule has 0 saturated heterocycles. The van der Waals surface area contributed by atoms with E-state index in [0.29, 0.717) is 5.56 Å². The molecule has 0 heterocycles. The predicted molar refractivity (Wildman–Crippen MR) is 54.2 cm³/mol. The van der Waals surface area contributed by atoms with Crippen LogP contribution in [0, 0.1) is 17.1 Å². The Kier molecular flexibility index (Phi) is 3.90. The first-order chi connectivity index (χ1) is 7.27. The van der Waals surface area contributed by atoms with Crippen LogP contribution < -0.4 is 0 Å². The van der Waals surface area contributed by atoms with Crippen LogP contribution in [0.3, 0.4) is 0 Å². The first-order valence-electron chi connectivity index (χ1n) is 4.15. The lowest BCUT2D eigenvalue weighted by Crippen LogP contribution is -1.84. The van der Waals surface area contributed by atoms with Crippen LogP contribution in [-0.2, 0) is 0 Å². The standard InChI is InChI=1S/C10H7FN4/c11-10-4-3-8(6-9(10)7-12)2-1-5-14-15-13/h1-4,6H,5H2. The minimum absolute atomic E-state index is 0.000865. The summed E-state index contributed by atoms with van der Waals surface area (Å²) in [6.45, 7) is 0.232. The number of rotatable bonds is 3. The van der Waals surface area contributed by atoms with Crippen molar-refractivity contribution >= 4 is 6.08 Å². The second-order valence-electron chi connectivity index (χ2n) is 2.67. The van der Waals surface area contributed by atoms with Crippen LogP contribution >= 0.6 is 0 Å². The fourth-order valence-electron chi connectivity index (χ4n) is 1.00. The summed E-state index contributed by atoms with van der Waals surface area (Å²) in [7, 11) is 0. The first-order valence-corrected chi connectivity index (χ1v) is 4.15. The van der Waals surface area contributed by atoms with Gasteiger partial charge >= 0.3 is 0 Å². The minimum atomic E-state index is -0.537. The molecule has 0 fully saturated rings. The molecule has 1 aromatic carbocycles. The molecule has 0 unspecified atom stereocenters. The van der Waals surface area contributed by atoms with Crippen molar-refractivity contribution in [3.05, 3.63) is 51.7 Å². The van der Waals surface area contributed by atoms with E-state index in [0.717, 1.165) is 0 Å². The third kappa shape index (κ3) is 3.14. The summed E-state index contributed by atoms with van der Waals surface area (Å²) >= 11 is 0. The van der Waals surface area contributed by atoms with Crippen molar-refractivity contribution in [2.24, 2.45) is 5.11 Å². The summed E-state index contributed by atoms with van der Waals surface area (Å²) in [6.07, 6.45) is 3.29.